The molecule has 100 valence electrons. The fourth-order valence-corrected chi connectivity index (χ4v) is 2.03. The predicted molar refractivity (Wildman–Crippen MR) is 74.1 cm³/mol. The number of nitrogens with two attached hydrogens (primary N) is 2. The van der Waals surface area contributed by atoms with Gasteiger partial charge in [-0.2, -0.15) is 0 Å². The first-order valence-corrected chi connectivity index (χ1v) is 5.76. The molecular formula is C14H16N2O3. The summed E-state index contributed by atoms with van der Waals surface area (Å²) in [6.07, 6.45) is 0. The van der Waals surface area contributed by atoms with E-state index in [0.717, 1.165) is 0 Å². The average molecular weight is 260 g/mol. The molecule has 0 saturated carbocycles. The second-order valence-electron chi connectivity index (χ2n) is 4.09. The van der Waals surface area contributed by atoms with Gasteiger partial charge in [-0.1, -0.05) is 12.1 Å². The zero-order valence-electron chi connectivity index (χ0n) is 10.6. The van der Waals surface area contributed by atoms with E-state index in [-0.39, 0.29) is 18.0 Å². The van der Waals surface area contributed by atoms with E-state index >= 15 is 0 Å². The Labute approximate surface area is 111 Å². The molecule has 0 bridgehead atoms. The predicted octanol–water partition coefficient (Wildman–Crippen LogP) is 1.81. The lowest BCUT2D eigenvalue weighted by molar-refractivity contribution is 0.405. The highest BCUT2D eigenvalue weighted by Crippen LogP contribution is 2.41. The Morgan fingerprint density at radius 3 is 2.47 bits per heavy atom. The van der Waals surface area contributed by atoms with E-state index in [2.05, 4.69) is 0 Å². The molecule has 2 aromatic rings. The van der Waals surface area contributed by atoms with Crippen LogP contribution >= 0.6 is 0 Å². The standard InChI is InChI=1S/C14H16N2O3/c1-19-12-6-5-8(13(16)10(12)7-15)9-3-2-4-11(17)14(9)18/h2-6,17-18H,7,15-16H2,1H3. The summed E-state index contributed by atoms with van der Waals surface area (Å²) < 4.78 is 5.19. The van der Waals surface area contributed by atoms with Crippen LogP contribution in [0.25, 0.3) is 11.1 Å². The van der Waals surface area contributed by atoms with E-state index < -0.39 is 0 Å². The van der Waals surface area contributed by atoms with E-state index in [9.17, 15) is 10.2 Å². The fraction of sp³-hybridized carbons (Fsp3) is 0.143. The van der Waals surface area contributed by atoms with Gasteiger partial charge in [0, 0.05) is 28.9 Å². The number of anilines is 1. The maximum atomic E-state index is 9.90. The number of phenols is 2. The van der Waals surface area contributed by atoms with E-state index in [0.29, 0.717) is 28.1 Å². The molecule has 0 radical (unpaired) electrons. The SMILES string of the molecule is COc1ccc(-c2cccc(O)c2O)c(N)c1CN. The summed E-state index contributed by atoms with van der Waals surface area (Å²) in [6.45, 7) is 0.225. The molecule has 0 aliphatic heterocycles. The minimum atomic E-state index is -0.206. The van der Waals surface area contributed by atoms with Crippen LogP contribution in [0.2, 0.25) is 0 Å². The highest BCUT2D eigenvalue weighted by atomic mass is 16.5. The third kappa shape index (κ3) is 2.15. The average Bonchev–Trinajstić information content (AvgIpc) is 2.42. The Morgan fingerprint density at radius 1 is 1.11 bits per heavy atom. The first-order valence-electron chi connectivity index (χ1n) is 5.76. The van der Waals surface area contributed by atoms with E-state index in [1.165, 1.54) is 6.07 Å². The van der Waals surface area contributed by atoms with Gasteiger partial charge in [0.25, 0.3) is 0 Å². The van der Waals surface area contributed by atoms with Gasteiger partial charge in [0.05, 0.1) is 7.11 Å². The molecular weight excluding hydrogens is 244 g/mol. The van der Waals surface area contributed by atoms with Crippen LogP contribution in [-0.4, -0.2) is 17.3 Å². The number of hydrogen-bond acceptors (Lipinski definition) is 5. The molecule has 2 aromatic carbocycles. The van der Waals surface area contributed by atoms with Crippen LogP contribution in [-0.2, 0) is 6.54 Å². The summed E-state index contributed by atoms with van der Waals surface area (Å²) >= 11 is 0. The molecule has 0 spiro atoms. The van der Waals surface area contributed by atoms with Crippen molar-refractivity contribution in [1.82, 2.24) is 0 Å². The number of phenolic OH excluding ortho intramolecular Hbond substituents is 2. The number of nitrogen functional groups attached to an aromatic ring is 1. The van der Waals surface area contributed by atoms with Crippen molar-refractivity contribution in [1.29, 1.82) is 0 Å². The van der Waals surface area contributed by atoms with Crippen LogP contribution < -0.4 is 16.2 Å². The first-order chi connectivity index (χ1) is 9.10. The zero-order chi connectivity index (χ0) is 14.0. The van der Waals surface area contributed by atoms with Gasteiger partial charge in [-0.25, -0.2) is 0 Å². The van der Waals surface area contributed by atoms with Gasteiger partial charge in [0.15, 0.2) is 11.5 Å². The lowest BCUT2D eigenvalue weighted by Gasteiger charge is -2.15. The Morgan fingerprint density at radius 2 is 1.84 bits per heavy atom. The van der Waals surface area contributed by atoms with Gasteiger partial charge in [0.2, 0.25) is 0 Å². The van der Waals surface area contributed by atoms with Crippen molar-refractivity contribution in [3.63, 3.8) is 0 Å². The van der Waals surface area contributed by atoms with Crippen LogP contribution in [0.15, 0.2) is 30.3 Å². The van der Waals surface area contributed by atoms with Crippen molar-refractivity contribution >= 4 is 5.69 Å². The summed E-state index contributed by atoms with van der Waals surface area (Å²) in [5.41, 5.74) is 13.9. The normalized spacial score (nSPS) is 10.4. The molecule has 2 rings (SSSR count). The Bertz CT molecular complexity index is 612. The van der Waals surface area contributed by atoms with Crippen LogP contribution in [0.3, 0.4) is 0 Å². The molecule has 0 aliphatic rings. The highest BCUT2D eigenvalue weighted by Gasteiger charge is 2.15. The number of para-hydroxylation sites is 1. The number of aromatic hydroxyl groups is 2. The lowest BCUT2D eigenvalue weighted by atomic mass is 9.98. The highest BCUT2D eigenvalue weighted by molar-refractivity contribution is 5.84. The molecule has 5 nitrogen and oxygen atoms in total. The summed E-state index contributed by atoms with van der Waals surface area (Å²) in [4.78, 5) is 0. The van der Waals surface area contributed by atoms with E-state index in [1.54, 1.807) is 31.4 Å². The number of methoxy groups -OCH3 is 1. The number of ether oxygens (including phenoxy) is 1. The quantitative estimate of drug-likeness (QED) is 0.498. The minimum Gasteiger partial charge on any atom is -0.504 e. The van der Waals surface area contributed by atoms with E-state index in [4.69, 9.17) is 16.2 Å². The van der Waals surface area contributed by atoms with Crippen molar-refractivity contribution in [3.05, 3.63) is 35.9 Å². The molecule has 0 aromatic heterocycles. The second kappa shape index (κ2) is 5.07. The van der Waals surface area contributed by atoms with Gasteiger partial charge >= 0.3 is 0 Å². The van der Waals surface area contributed by atoms with Crippen LogP contribution in [0.5, 0.6) is 17.2 Å². The van der Waals surface area contributed by atoms with E-state index in [1.807, 2.05) is 0 Å². The van der Waals surface area contributed by atoms with Gasteiger partial charge in [-0.3, -0.25) is 0 Å². The van der Waals surface area contributed by atoms with Crippen LogP contribution in [0.4, 0.5) is 5.69 Å². The maximum absolute atomic E-state index is 9.90. The summed E-state index contributed by atoms with van der Waals surface area (Å²) in [5, 5.41) is 19.4. The molecule has 0 unspecified atom stereocenters. The van der Waals surface area contributed by atoms with Crippen molar-refractivity contribution in [2.24, 2.45) is 5.73 Å². The first kappa shape index (κ1) is 13.0. The molecule has 5 heteroatoms. The maximum Gasteiger partial charge on any atom is 0.165 e. The number of benzene rings is 2. The van der Waals surface area contributed by atoms with Crippen LogP contribution in [0.1, 0.15) is 5.56 Å². The monoisotopic (exact) mass is 260 g/mol. The third-order valence-electron chi connectivity index (χ3n) is 3.04. The minimum absolute atomic E-state index is 0.193. The molecule has 0 saturated heterocycles. The summed E-state index contributed by atoms with van der Waals surface area (Å²) in [7, 11) is 1.54. The third-order valence-corrected chi connectivity index (χ3v) is 3.04. The van der Waals surface area contributed by atoms with Crippen molar-refractivity contribution in [2.45, 2.75) is 6.54 Å². The fourth-order valence-electron chi connectivity index (χ4n) is 2.03. The lowest BCUT2D eigenvalue weighted by Crippen LogP contribution is -2.05. The van der Waals surface area contributed by atoms with Gasteiger partial charge in [-0.05, 0) is 18.2 Å². The number of hydrogen-bond donors (Lipinski definition) is 4. The summed E-state index contributed by atoms with van der Waals surface area (Å²) in [6, 6.07) is 8.17. The van der Waals surface area contributed by atoms with Gasteiger partial charge in [-0.15, -0.1) is 0 Å². The van der Waals surface area contributed by atoms with Crippen molar-refractivity contribution in [2.75, 3.05) is 12.8 Å². The molecule has 0 amide bonds. The smallest absolute Gasteiger partial charge is 0.165 e. The summed E-state index contributed by atoms with van der Waals surface area (Å²) in [5.74, 6) is 0.202. The second-order valence-corrected chi connectivity index (χ2v) is 4.09. The largest absolute Gasteiger partial charge is 0.504 e. The molecule has 19 heavy (non-hydrogen) atoms. The molecule has 6 N–H and O–H groups in total. The number of rotatable bonds is 3. The Kier molecular flexibility index (Phi) is 3.48. The van der Waals surface area contributed by atoms with Crippen molar-refractivity contribution in [3.8, 4) is 28.4 Å². The topological polar surface area (TPSA) is 102 Å². The molecule has 0 aliphatic carbocycles. The van der Waals surface area contributed by atoms with Crippen LogP contribution in [0, 0.1) is 0 Å². The Hall–Kier alpha value is -2.40. The Balaban J connectivity index is 2.67. The van der Waals surface area contributed by atoms with Crippen molar-refractivity contribution < 1.29 is 14.9 Å². The molecule has 0 fully saturated rings. The van der Waals surface area contributed by atoms with Gasteiger partial charge in [0.1, 0.15) is 5.75 Å². The van der Waals surface area contributed by atoms with Gasteiger partial charge < -0.3 is 26.4 Å². The zero-order valence-corrected chi connectivity index (χ0v) is 10.6. The molecule has 0 heterocycles. The molecule has 0 atom stereocenters.